The molecule has 3 atom stereocenters. The summed E-state index contributed by atoms with van der Waals surface area (Å²) in [4.78, 5) is 22.3. The number of nitrogens with one attached hydrogen (secondary N) is 2. The Labute approximate surface area is 135 Å². The van der Waals surface area contributed by atoms with Gasteiger partial charge < -0.3 is 15.7 Å². The number of hydrogen-bond donors (Lipinski definition) is 3. The van der Waals surface area contributed by atoms with Gasteiger partial charge >= 0.3 is 0 Å². The number of nitro benzene ring substituents is 1. The first-order chi connectivity index (χ1) is 11.0. The van der Waals surface area contributed by atoms with E-state index < -0.39 is 4.92 Å². The number of amides is 1. The van der Waals surface area contributed by atoms with Gasteiger partial charge in [-0.3, -0.25) is 14.9 Å². The monoisotopic (exact) mass is 321 g/mol. The molecule has 1 fully saturated rings. The lowest BCUT2D eigenvalue weighted by atomic mass is 9.92. The van der Waals surface area contributed by atoms with Crippen LogP contribution in [0.5, 0.6) is 0 Å². The zero-order valence-electron chi connectivity index (χ0n) is 13.2. The van der Waals surface area contributed by atoms with Crippen molar-refractivity contribution < 1.29 is 14.8 Å². The molecule has 2 rings (SSSR count). The van der Waals surface area contributed by atoms with Gasteiger partial charge in [-0.25, -0.2) is 0 Å². The van der Waals surface area contributed by atoms with Gasteiger partial charge in [-0.15, -0.1) is 0 Å². The number of hydrogen-bond acceptors (Lipinski definition) is 5. The maximum atomic E-state index is 12.0. The van der Waals surface area contributed by atoms with Gasteiger partial charge in [0.1, 0.15) is 0 Å². The average molecular weight is 321 g/mol. The number of nitro groups is 1. The minimum atomic E-state index is -0.496. The van der Waals surface area contributed by atoms with Crippen LogP contribution in [0.3, 0.4) is 0 Å². The number of nitrogens with zero attached hydrogens (tertiary/aromatic N) is 1. The van der Waals surface area contributed by atoms with Crippen molar-refractivity contribution in [2.45, 2.75) is 57.2 Å². The topological polar surface area (TPSA) is 104 Å². The molecule has 1 aromatic rings. The largest absolute Gasteiger partial charge is 0.392 e. The fourth-order valence-electron chi connectivity index (χ4n) is 2.92. The van der Waals surface area contributed by atoms with Gasteiger partial charge in [0.15, 0.2) is 0 Å². The summed E-state index contributed by atoms with van der Waals surface area (Å²) in [5.41, 5.74) is 0.355. The van der Waals surface area contributed by atoms with E-state index >= 15 is 0 Å². The van der Waals surface area contributed by atoms with Crippen LogP contribution < -0.4 is 10.6 Å². The van der Waals surface area contributed by atoms with Crippen molar-refractivity contribution in [3.8, 4) is 0 Å². The molecule has 7 nitrogen and oxygen atoms in total. The van der Waals surface area contributed by atoms with Crippen molar-refractivity contribution in [1.29, 1.82) is 0 Å². The SMILES string of the molecule is CC(CC(=O)Nc1cccc([N+](=O)[O-])c1)NC1CCCCC1O. The lowest BCUT2D eigenvalue weighted by Crippen LogP contribution is -2.47. The van der Waals surface area contributed by atoms with Gasteiger partial charge in [-0.2, -0.15) is 0 Å². The maximum Gasteiger partial charge on any atom is 0.271 e. The Morgan fingerprint density at radius 3 is 2.87 bits per heavy atom. The van der Waals surface area contributed by atoms with Crippen molar-refractivity contribution in [3.05, 3.63) is 34.4 Å². The molecule has 0 radical (unpaired) electrons. The summed E-state index contributed by atoms with van der Waals surface area (Å²) in [6, 6.07) is 5.82. The molecule has 3 N–H and O–H groups in total. The molecular weight excluding hydrogens is 298 g/mol. The molecule has 1 amide bonds. The third-order valence-corrected chi connectivity index (χ3v) is 4.06. The highest BCUT2D eigenvalue weighted by Gasteiger charge is 2.24. The average Bonchev–Trinajstić information content (AvgIpc) is 2.49. The number of aliphatic hydroxyl groups excluding tert-OH is 1. The van der Waals surface area contributed by atoms with Crippen molar-refractivity contribution in [3.63, 3.8) is 0 Å². The molecule has 1 aromatic carbocycles. The molecule has 0 saturated heterocycles. The van der Waals surface area contributed by atoms with E-state index in [0.29, 0.717) is 5.69 Å². The van der Waals surface area contributed by atoms with Crippen LogP contribution in [0.25, 0.3) is 0 Å². The number of aliphatic hydroxyl groups is 1. The third-order valence-electron chi connectivity index (χ3n) is 4.06. The maximum absolute atomic E-state index is 12.0. The van der Waals surface area contributed by atoms with Crippen LogP contribution >= 0.6 is 0 Å². The van der Waals surface area contributed by atoms with E-state index in [0.717, 1.165) is 25.7 Å². The second-order valence-corrected chi connectivity index (χ2v) is 6.09. The van der Waals surface area contributed by atoms with Crippen LogP contribution in [-0.4, -0.2) is 34.1 Å². The molecule has 1 aliphatic carbocycles. The van der Waals surface area contributed by atoms with Crippen LogP contribution in [0, 0.1) is 10.1 Å². The molecule has 126 valence electrons. The first kappa shape index (κ1) is 17.4. The second-order valence-electron chi connectivity index (χ2n) is 6.09. The number of non-ortho nitro benzene ring substituents is 1. The quantitative estimate of drug-likeness (QED) is 0.550. The Kier molecular flexibility index (Phi) is 6.06. The van der Waals surface area contributed by atoms with E-state index in [-0.39, 0.29) is 36.2 Å². The number of carbonyl (C=O) groups excluding carboxylic acids is 1. The van der Waals surface area contributed by atoms with Crippen LogP contribution in [0.4, 0.5) is 11.4 Å². The fraction of sp³-hybridized carbons (Fsp3) is 0.562. The number of benzene rings is 1. The number of carbonyl (C=O) groups is 1. The highest BCUT2D eigenvalue weighted by Crippen LogP contribution is 2.20. The van der Waals surface area contributed by atoms with Crippen LogP contribution in [0.2, 0.25) is 0 Å². The van der Waals surface area contributed by atoms with E-state index in [9.17, 15) is 20.0 Å². The Hall–Kier alpha value is -1.99. The molecule has 1 aliphatic rings. The van der Waals surface area contributed by atoms with E-state index in [4.69, 9.17) is 0 Å². The van der Waals surface area contributed by atoms with Crippen molar-refractivity contribution in [2.24, 2.45) is 0 Å². The Morgan fingerprint density at radius 1 is 1.43 bits per heavy atom. The summed E-state index contributed by atoms with van der Waals surface area (Å²) in [5.74, 6) is -0.212. The summed E-state index contributed by atoms with van der Waals surface area (Å²) in [6.45, 7) is 1.90. The van der Waals surface area contributed by atoms with Gasteiger partial charge in [-0.05, 0) is 25.8 Å². The molecule has 3 unspecified atom stereocenters. The molecule has 0 spiro atoms. The second kappa shape index (κ2) is 8.03. The molecule has 0 bridgehead atoms. The highest BCUT2D eigenvalue weighted by molar-refractivity contribution is 5.91. The van der Waals surface area contributed by atoms with Crippen LogP contribution in [-0.2, 0) is 4.79 Å². The zero-order valence-corrected chi connectivity index (χ0v) is 13.2. The molecule has 23 heavy (non-hydrogen) atoms. The fourth-order valence-corrected chi connectivity index (χ4v) is 2.92. The van der Waals surface area contributed by atoms with Crippen molar-refractivity contribution >= 4 is 17.3 Å². The van der Waals surface area contributed by atoms with E-state index in [1.54, 1.807) is 6.07 Å². The molecule has 1 saturated carbocycles. The zero-order chi connectivity index (χ0) is 16.8. The predicted molar refractivity (Wildman–Crippen MR) is 87.2 cm³/mol. The summed E-state index contributed by atoms with van der Waals surface area (Å²) in [7, 11) is 0. The van der Waals surface area contributed by atoms with E-state index in [1.165, 1.54) is 18.2 Å². The van der Waals surface area contributed by atoms with Gasteiger partial charge in [0, 0.05) is 36.3 Å². The Morgan fingerprint density at radius 2 is 2.17 bits per heavy atom. The number of anilines is 1. The van der Waals surface area contributed by atoms with Crippen molar-refractivity contribution in [2.75, 3.05) is 5.32 Å². The Bertz CT molecular complexity index is 564. The summed E-state index contributed by atoms with van der Waals surface area (Å²) in [5, 5.41) is 26.6. The van der Waals surface area contributed by atoms with Crippen LogP contribution in [0.1, 0.15) is 39.0 Å². The third kappa shape index (κ3) is 5.30. The normalized spacial score (nSPS) is 22.3. The van der Waals surface area contributed by atoms with Gasteiger partial charge in [0.25, 0.3) is 5.69 Å². The van der Waals surface area contributed by atoms with Crippen LogP contribution in [0.15, 0.2) is 24.3 Å². The minimum absolute atomic E-state index is 0.0318. The first-order valence-electron chi connectivity index (χ1n) is 7.94. The van der Waals surface area contributed by atoms with E-state index in [1.807, 2.05) is 6.92 Å². The highest BCUT2D eigenvalue weighted by atomic mass is 16.6. The molecule has 7 heteroatoms. The smallest absolute Gasteiger partial charge is 0.271 e. The molecular formula is C16H23N3O4. The lowest BCUT2D eigenvalue weighted by Gasteiger charge is -2.31. The summed E-state index contributed by atoms with van der Waals surface area (Å²) < 4.78 is 0. The van der Waals surface area contributed by atoms with Gasteiger partial charge in [0.05, 0.1) is 11.0 Å². The van der Waals surface area contributed by atoms with Gasteiger partial charge in [0.2, 0.25) is 5.91 Å². The summed E-state index contributed by atoms with van der Waals surface area (Å²) >= 11 is 0. The molecule has 0 heterocycles. The minimum Gasteiger partial charge on any atom is -0.392 e. The van der Waals surface area contributed by atoms with E-state index in [2.05, 4.69) is 10.6 Å². The van der Waals surface area contributed by atoms with Gasteiger partial charge in [-0.1, -0.05) is 18.9 Å². The lowest BCUT2D eigenvalue weighted by molar-refractivity contribution is -0.384. The Balaban J connectivity index is 1.84. The number of rotatable bonds is 6. The summed E-state index contributed by atoms with van der Waals surface area (Å²) in [6.07, 6.45) is 3.72. The standard InChI is InChI=1S/C16H23N3O4/c1-11(17-14-7-2-3-8-15(14)20)9-16(21)18-12-5-4-6-13(10-12)19(22)23/h4-6,10-11,14-15,17,20H,2-3,7-9H2,1H3,(H,18,21). The predicted octanol–water partition coefficient (Wildman–Crippen LogP) is 2.21. The molecule has 0 aromatic heterocycles. The van der Waals surface area contributed by atoms with Crippen molar-refractivity contribution in [1.82, 2.24) is 5.32 Å². The molecule has 0 aliphatic heterocycles. The first-order valence-corrected chi connectivity index (χ1v) is 7.94.